The van der Waals surface area contributed by atoms with E-state index in [4.69, 9.17) is 0 Å². The number of benzene rings is 1. The topological polar surface area (TPSA) is 73.8 Å². The molecule has 1 saturated heterocycles. The first-order valence-electron chi connectivity index (χ1n) is 9.87. The second-order valence-electron chi connectivity index (χ2n) is 7.26. The number of aliphatic imine (C=N–C) groups is 1. The van der Waals surface area contributed by atoms with Gasteiger partial charge in [0, 0.05) is 26.7 Å². The number of hydrogen-bond donors (Lipinski definition) is 2. The van der Waals surface area contributed by atoms with Gasteiger partial charge in [-0.2, -0.15) is 0 Å². The summed E-state index contributed by atoms with van der Waals surface area (Å²) in [6.07, 6.45) is 3.71. The summed E-state index contributed by atoms with van der Waals surface area (Å²) in [4.78, 5) is 6.80. The van der Waals surface area contributed by atoms with E-state index in [2.05, 4.69) is 33.8 Å². The van der Waals surface area contributed by atoms with Gasteiger partial charge in [0.15, 0.2) is 5.96 Å². The quantitative estimate of drug-likeness (QED) is 0.313. The number of nitrogens with one attached hydrogen (secondary N) is 2. The summed E-state index contributed by atoms with van der Waals surface area (Å²) in [7, 11) is 0.00212. The number of halogens is 1. The van der Waals surface area contributed by atoms with Crippen molar-refractivity contribution in [2.45, 2.75) is 45.4 Å². The SMILES string of the molecule is CCC(CC)C1CCN(C(=NC)NCc2cccc(CS(=O)(=O)NC)c2)C1.I. The Balaban J connectivity index is 0.00000392. The lowest BCUT2D eigenvalue weighted by atomic mass is 9.87. The lowest BCUT2D eigenvalue weighted by Crippen LogP contribution is -2.40. The highest BCUT2D eigenvalue weighted by atomic mass is 127. The second kappa shape index (κ2) is 12.0. The summed E-state index contributed by atoms with van der Waals surface area (Å²) in [6, 6.07) is 7.69. The van der Waals surface area contributed by atoms with Crippen LogP contribution in [0.15, 0.2) is 29.3 Å². The lowest BCUT2D eigenvalue weighted by Gasteiger charge is -2.24. The predicted molar refractivity (Wildman–Crippen MR) is 127 cm³/mol. The molecular weight excluding hydrogens is 487 g/mol. The summed E-state index contributed by atoms with van der Waals surface area (Å²) < 4.78 is 25.9. The summed E-state index contributed by atoms with van der Waals surface area (Å²) >= 11 is 0. The van der Waals surface area contributed by atoms with Gasteiger partial charge in [0.2, 0.25) is 10.0 Å². The van der Waals surface area contributed by atoms with Crippen LogP contribution in [0.2, 0.25) is 0 Å². The van der Waals surface area contributed by atoms with Crippen LogP contribution in [0.3, 0.4) is 0 Å². The summed E-state index contributed by atoms with van der Waals surface area (Å²) in [6.45, 7) is 7.30. The molecule has 160 valence electrons. The number of guanidine groups is 1. The van der Waals surface area contributed by atoms with E-state index in [1.807, 2.05) is 31.3 Å². The molecule has 0 radical (unpaired) electrons. The van der Waals surface area contributed by atoms with Crippen molar-refractivity contribution in [1.29, 1.82) is 0 Å². The van der Waals surface area contributed by atoms with Gasteiger partial charge in [0.05, 0.1) is 5.75 Å². The Morgan fingerprint density at radius 1 is 1.29 bits per heavy atom. The average molecular weight is 522 g/mol. The first-order chi connectivity index (χ1) is 12.9. The van der Waals surface area contributed by atoms with Crippen molar-refractivity contribution in [2.24, 2.45) is 16.8 Å². The van der Waals surface area contributed by atoms with Gasteiger partial charge in [-0.3, -0.25) is 4.99 Å². The predicted octanol–water partition coefficient (Wildman–Crippen LogP) is 3.19. The van der Waals surface area contributed by atoms with Crippen LogP contribution in [0.4, 0.5) is 0 Å². The summed E-state index contributed by atoms with van der Waals surface area (Å²) in [5.74, 6) is 2.46. The summed E-state index contributed by atoms with van der Waals surface area (Å²) in [5, 5.41) is 3.44. The fourth-order valence-corrected chi connectivity index (χ4v) is 4.72. The van der Waals surface area contributed by atoms with E-state index in [9.17, 15) is 8.42 Å². The molecule has 0 aliphatic carbocycles. The molecule has 1 unspecified atom stereocenters. The normalized spacial score (nSPS) is 17.7. The van der Waals surface area contributed by atoms with Gasteiger partial charge in [0.1, 0.15) is 0 Å². The maximum absolute atomic E-state index is 11.7. The molecule has 8 heteroatoms. The van der Waals surface area contributed by atoms with Crippen molar-refractivity contribution in [2.75, 3.05) is 27.2 Å². The highest BCUT2D eigenvalue weighted by Crippen LogP contribution is 2.28. The number of rotatable bonds is 8. The first kappa shape index (κ1) is 25.2. The molecule has 0 amide bonds. The molecule has 6 nitrogen and oxygen atoms in total. The van der Waals surface area contributed by atoms with Crippen LogP contribution in [-0.2, 0) is 22.3 Å². The Bertz CT molecular complexity index is 735. The van der Waals surface area contributed by atoms with E-state index in [-0.39, 0.29) is 29.7 Å². The molecule has 1 heterocycles. The first-order valence-corrected chi connectivity index (χ1v) is 11.5. The van der Waals surface area contributed by atoms with Crippen molar-refractivity contribution in [3.8, 4) is 0 Å². The van der Waals surface area contributed by atoms with E-state index in [0.29, 0.717) is 6.54 Å². The van der Waals surface area contributed by atoms with E-state index < -0.39 is 10.0 Å². The summed E-state index contributed by atoms with van der Waals surface area (Å²) in [5.41, 5.74) is 1.84. The minimum Gasteiger partial charge on any atom is -0.352 e. The van der Waals surface area contributed by atoms with Crippen LogP contribution in [0.1, 0.15) is 44.2 Å². The number of likely N-dealkylation sites (tertiary alicyclic amines) is 1. The zero-order valence-electron chi connectivity index (χ0n) is 17.4. The number of nitrogens with zero attached hydrogens (tertiary/aromatic N) is 2. The third kappa shape index (κ3) is 7.18. The van der Waals surface area contributed by atoms with Crippen LogP contribution in [0.25, 0.3) is 0 Å². The van der Waals surface area contributed by atoms with E-state index in [1.165, 1.54) is 26.3 Å². The molecule has 0 aromatic heterocycles. The van der Waals surface area contributed by atoms with E-state index >= 15 is 0 Å². The zero-order valence-corrected chi connectivity index (χ0v) is 20.6. The minimum absolute atomic E-state index is 0. The van der Waals surface area contributed by atoms with Crippen molar-refractivity contribution < 1.29 is 8.42 Å². The Labute approximate surface area is 187 Å². The smallest absolute Gasteiger partial charge is 0.215 e. The van der Waals surface area contributed by atoms with Crippen LogP contribution in [-0.4, -0.2) is 46.5 Å². The maximum Gasteiger partial charge on any atom is 0.215 e. The fraction of sp³-hybridized carbons (Fsp3) is 0.650. The average Bonchev–Trinajstić information content (AvgIpc) is 3.13. The largest absolute Gasteiger partial charge is 0.352 e. The van der Waals surface area contributed by atoms with Crippen molar-refractivity contribution in [3.63, 3.8) is 0 Å². The number of sulfonamides is 1. The zero-order chi connectivity index (χ0) is 19.9. The van der Waals surface area contributed by atoms with Crippen LogP contribution < -0.4 is 10.0 Å². The van der Waals surface area contributed by atoms with Crippen LogP contribution in [0, 0.1) is 11.8 Å². The highest BCUT2D eigenvalue weighted by Gasteiger charge is 2.29. The van der Waals surface area contributed by atoms with Crippen molar-refractivity contribution in [3.05, 3.63) is 35.4 Å². The molecule has 1 aromatic carbocycles. The molecule has 2 rings (SSSR count). The van der Waals surface area contributed by atoms with Gasteiger partial charge in [-0.05, 0) is 36.4 Å². The van der Waals surface area contributed by atoms with E-state index in [0.717, 1.165) is 42.0 Å². The molecule has 28 heavy (non-hydrogen) atoms. The molecule has 0 bridgehead atoms. The lowest BCUT2D eigenvalue weighted by molar-refractivity contribution is 0.319. The highest BCUT2D eigenvalue weighted by molar-refractivity contribution is 14.0. The van der Waals surface area contributed by atoms with Gasteiger partial charge in [0.25, 0.3) is 0 Å². The molecule has 1 atom stereocenters. The second-order valence-corrected chi connectivity index (χ2v) is 9.18. The van der Waals surface area contributed by atoms with Crippen LogP contribution >= 0.6 is 24.0 Å². The Morgan fingerprint density at radius 3 is 2.57 bits per heavy atom. The maximum atomic E-state index is 11.7. The van der Waals surface area contributed by atoms with Crippen molar-refractivity contribution in [1.82, 2.24) is 14.9 Å². The molecular formula is C20H35IN4O2S. The molecule has 1 aliphatic rings. The Kier molecular flexibility index (Phi) is 10.8. The third-order valence-electron chi connectivity index (χ3n) is 5.56. The van der Waals surface area contributed by atoms with E-state index in [1.54, 1.807) is 0 Å². The third-order valence-corrected chi connectivity index (χ3v) is 6.90. The molecule has 1 fully saturated rings. The van der Waals surface area contributed by atoms with Gasteiger partial charge in [-0.15, -0.1) is 24.0 Å². The van der Waals surface area contributed by atoms with Gasteiger partial charge < -0.3 is 10.2 Å². The molecule has 0 saturated carbocycles. The monoisotopic (exact) mass is 522 g/mol. The number of hydrogen-bond acceptors (Lipinski definition) is 3. The standard InChI is InChI=1S/C20H34N4O2S.HI/c1-5-18(6-2)19-10-11-24(14-19)20(21-3)23-13-16-8-7-9-17(12-16)15-27(25,26)22-4;/h7-9,12,18-19,22H,5-6,10-11,13-15H2,1-4H3,(H,21,23);1H. The molecule has 1 aromatic rings. The van der Waals surface area contributed by atoms with Gasteiger partial charge in [-0.1, -0.05) is 51.0 Å². The molecule has 2 N–H and O–H groups in total. The molecule has 0 spiro atoms. The van der Waals surface area contributed by atoms with Crippen molar-refractivity contribution >= 4 is 40.0 Å². The Morgan fingerprint density at radius 2 is 1.96 bits per heavy atom. The van der Waals surface area contributed by atoms with Gasteiger partial charge >= 0.3 is 0 Å². The van der Waals surface area contributed by atoms with Gasteiger partial charge in [-0.25, -0.2) is 13.1 Å². The minimum atomic E-state index is -3.26. The fourth-order valence-electron chi connectivity index (χ4n) is 3.95. The van der Waals surface area contributed by atoms with Crippen LogP contribution in [0.5, 0.6) is 0 Å². The Hall–Kier alpha value is -0.870. The molecule has 1 aliphatic heterocycles.